The molecule has 1 aromatic carbocycles. The molecule has 0 saturated heterocycles. The van der Waals surface area contributed by atoms with E-state index in [1.165, 1.54) is 0 Å². The Kier molecular flexibility index (Phi) is 8.38. The van der Waals surface area contributed by atoms with Gasteiger partial charge in [0.15, 0.2) is 0 Å². The van der Waals surface area contributed by atoms with Crippen LogP contribution in [-0.2, 0) is 16.1 Å². The number of aryl methyl sites for hydroxylation is 1. The van der Waals surface area contributed by atoms with Crippen molar-refractivity contribution >= 4 is 17.2 Å². The van der Waals surface area contributed by atoms with Gasteiger partial charge in [-0.3, -0.25) is 4.79 Å². The number of thiazole rings is 1. The first-order valence-corrected chi connectivity index (χ1v) is 9.06. The van der Waals surface area contributed by atoms with Crippen molar-refractivity contribution in [2.24, 2.45) is 0 Å². The molecule has 0 fully saturated rings. The Morgan fingerprint density at radius 1 is 1.20 bits per heavy atom. The molecule has 0 spiro atoms. The van der Waals surface area contributed by atoms with Crippen molar-refractivity contribution < 1.29 is 19.0 Å². The maximum Gasteiger partial charge on any atom is 0.251 e. The van der Waals surface area contributed by atoms with E-state index < -0.39 is 0 Å². The molecule has 0 aliphatic heterocycles. The second kappa shape index (κ2) is 10.8. The van der Waals surface area contributed by atoms with Gasteiger partial charge in [0, 0.05) is 31.2 Å². The zero-order valence-electron chi connectivity index (χ0n) is 14.6. The monoisotopic (exact) mass is 364 g/mol. The maximum atomic E-state index is 12.1. The van der Waals surface area contributed by atoms with Gasteiger partial charge in [-0.1, -0.05) is 0 Å². The SMILES string of the molecule is COCCOCCCNC(=O)c1ccc(OCc2csc(C)n2)cc1. The Bertz CT molecular complexity index is 643. The Morgan fingerprint density at radius 2 is 2.00 bits per heavy atom. The highest BCUT2D eigenvalue weighted by atomic mass is 32.1. The Balaban J connectivity index is 1.67. The molecule has 2 aromatic rings. The molecule has 0 radical (unpaired) electrons. The molecule has 0 aliphatic carbocycles. The number of nitrogens with zero attached hydrogens (tertiary/aromatic N) is 1. The van der Waals surface area contributed by atoms with Gasteiger partial charge in [0.1, 0.15) is 12.4 Å². The average molecular weight is 364 g/mol. The molecule has 136 valence electrons. The highest BCUT2D eigenvalue weighted by molar-refractivity contribution is 7.09. The standard InChI is InChI=1S/C18H24N2O4S/c1-14-20-16(13-25-14)12-24-17-6-4-15(5-7-17)18(21)19-8-3-9-23-11-10-22-2/h4-7,13H,3,8-12H2,1-2H3,(H,19,21). The van der Waals surface area contributed by atoms with Crippen molar-refractivity contribution in [3.63, 3.8) is 0 Å². The summed E-state index contributed by atoms with van der Waals surface area (Å²) >= 11 is 1.60. The van der Waals surface area contributed by atoms with Gasteiger partial charge < -0.3 is 19.5 Å². The molecule has 1 aromatic heterocycles. The van der Waals surface area contributed by atoms with Gasteiger partial charge in [-0.2, -0.15) is 0 Å². The van der Waals surface area contributed by atoms with E-state index in [0.29, 0.717) is 44.3 Å². The summed E-state index contributed by atoms with van der Waals surface area (Å²) in [5.41, 5.74) is 1.52. The number of nitrogens with one attached hydrogen (secondary N) is 1. The van der Waals surface area contributed by atoms with Gasteiger partial charge in [-0.25, -0.2) is 4.98 Å². The predicted octanol–water partition coefficient (Wildman–Crippen LogP) is 2.81. The fraction of sp³-hybridized carbons (Fsp3) is 0.444. The van der Waals surface area contributed by atoms with Crippen molar-refractivity contribution in [2.75, 3.05) is 33.5 Å². The molecule has 0 aliphatic rings. The largest absolute Gasteiger partial charge is 0.487 e. The van der Waals surface area contributed by atoms with Crippen LogP contribution < -0.4 is 10.1 Å². The van der Waals surface area contributed by atoms with E-state index in [1.54, 1.807) is 42.7 Å². The highest BCUT2D eigenvalue weighted by Crippen LogP contribution is 2.15. The summed E-state index contributed by atoms with van der Waals surface area (Å²) in [4.78, 5) is 16.4. The fourth-order valence-corrected chi connectivity index (χ4v) is 2.65. The van der Waals surface area contributed by atoms with Crippen LogP contribution in [0.25, 0.3) is 0 Å². The molecule has 7 heteroatoms. The predicted molar refractivity (Wildman–Crippen MR) is 97.3 cm³/mol. The van der Waals surface area contributed by atoms with E-state index in [1.807, 2.05) is 12.3 Å². The number of hydrogen-bond acceptors (Lipinski definition) is 6. The Hall–Kier alpha value is -1.96. The number of aromatic nitrogens is 1. The molecule has 0 saturated carbocycles. The summed E-state index contributed by atoms with van der Waals surface area (Å²) in [7, 11) is 1.64. The van der Waals surface area contributed by atoms with Crippen molar-refractivity contribution in [3.8, 4) is 5.75 Å². The lowest BCUT2D eigenvalue weighted by molar-refractivity contribution is 0.0688. The molecule has 0 bridgehead atoms. The third-order valence-electron chi connectivity index (χ3n) is 3.35. The van der Waals surface area contributed by atoms with Crippen LogP contribution in [0.5, 0.6) is 5.75 Å². The molecule has 2 rings (SSSR count). The van der Waals surface area contributed by atoms with E-state index in [2.05, 4.69) is 10.3 Å². The minimum absolute atomic E-state index is 0.0985. The first-order chi connectivity index (χ1) is 12.2. The van der Waals surface area contributed by atoms with E-state index >= 15 is 0 Å². The van der Waals surface area contributed by atoms with Gasteiger partial charge in [0.25, 0.3) is 5.91 Å². The summed E-state index contributed by atoms with van der Waals surface area (Å²) < 4.78 is 15.9. The van der Waals surface area contributed by atoms with Crippen LogP contribution in [0.15, 0.2) is 29.6 Å². The van der Waals surface area contributed by atoms with Gasteiger partial charge in [-0.05, 0) is 37.6 Å². The zero-order chi connectivity index (χ0) is 17.9. The fourth-order valence-electron chi connectivity index (χ4n) is 2.06. The lowest BCUT2D eigenvalue weighted by atomic mass is 10.2. The quantitative estimate of drug-likeness (QED) is 0.621. The molecule has 1 amide bonds. The van der Waals surface area contributed by atoms with Crippen molar-refractivity contribution in [1.82, 2.24) is 10.3 Å². The molecular weight excluding hydrogens is 340 g/mol. The number of rotatable bonds is 11. The van der Waals surface area contributed by atoms with E-state index in [9.17, 15) is 4.79 Å². The molecule has 25 heavy (non-hydrogen) atoms. The number of methoxy groups -OCH3 is 1. The number of carbonyl (C=O) groups is 1. The maximum absolute atomic E-state index is 12.1. The Morgan fingerprint density at radius 3 is 2.68 bits per heavy atom. The molecule has 6 nitrogen and oxygen atoms in total. The first kappa shape index (κ1) is 19.4. The summed E-state index contributed by atoms with van der Waals surface area (Å²) in [6.45, 7) is 4.74. The second-order valence-corrected chi connectivity index (χ2v) is 6.45. The van der Waals surface area contributed by atoms with Gasteiger partial charge >= 0.3 is 0 Å². The molecular formula is C18H24N2O4S. The minimum atomic E-state index is -0.0985. The van der Waals surface area contributed by atoms with Gasteiger partial charge in [-0.15, -0.1) is 11.3 Å². The number of carbonyl (C=O) groups excluding carboxylic acids is 1. The number of amides is 1. The number of benzene rings is 1. The second-order valence-electron chi connectivity index (χ2n) is 5.39. The molecule has 1 heterocycles. The lowest BCUT2D eigenvalue weighted by Crippen LogP contribution is -2.25. The van der Waals surface area contributed by atoms with E-state index in [0.717, 1.165) is 17.1 Å². The third-order valence-corrected chi connectivity index (χ3v) is 4.17. The van der Waals surface area contributed by atoms with Crippen molar-refractivity contribution in [2.45, 2.75) is 20.0 Å². The van der Waals surface area contributed by atoms with Gasteiger partial charge in [0.2, 0.25) is 0 Å². The first-order valence-electron chi connectivity index (χ1n) is 8.18. The third kappa shape index (κ3) is 7.21. The van der Waals surface area contributed by atoms with Crippen LogP contribution >= 0.6 is 11.3 Å². The smallest absolute Gasteiger partial charge is 0.251 e. The van der Waals surface area contributed by atoms with Crippen molar-refractivity contribution in [3.05, 3.63) is 45.9 Å². The van der Waals surface area contributed by atoms with Crippen LogP contribution in [0, 0.1) is 6.92 Å². The van der Waals surface area contributed by atoms with E-state index in [4.69, 9.17) is 14.2 Å². The van der Waals surface area contributed by atoms with Crippen molar-refractivity contribution in [1.29, 1.82) is 0 Å². The summed E-state index contributed by atoms with van der Waals surface area (Å²) in [6, 6.07) is 7.10. The summed E-state index contributed by atoms with van der Waals surface area (Å²) in [6.07, 6.45) is 0.768. The Labute approximate surface area is 152 Å². The van der Waals surface area contributed by atoms with Gasteiger partial charge in [0.05, 0.1) is 23.9 Å². The lowest BCUT2D eigenvalue weighted by Gasteiger charge is -2.08. The normalized spacial score (nSPS) is 10.6. The van der Waals surface area contributed by atoms with Crippen LogP contribution in [0.3, 0.4) is 0 Å². The molecule has 0 atom stereocenters. The zero-order valence-corrected chi connectivity index (χ0v) is 15.4. The minimum Gasteiger partial charge on any atom is -0.487 e. The topological polar surface area (TPSA) is 69.7 Å². The molecule has 0 unspecified atom stereocenters. The van der Waals surface area contributed by atoms with Crippen LogP contribution in [0.2, 0.25) is 0 Å². The van der Waals surface area contributed by atoms with Crippen LogP contribution in [0.4, 0.5) is 0 Å². The van der Waals surface area contributed by atoms with Crippen LogP contribution in [-0.4, -0.2) is 44.4 Å². The van der Waals surface area contributed by atoms with Crippen LogP contribution in [0.1, 0.15) is 27.5 Å². The molecule has 1 N–H and O–H groups in total. The summed E-state index contributed by atoms with van der Waals surface area (Å²) in [5.74, 6) is 0.618. The highest BCUT2D eigenvalue weighted by Gasteiger charge is 2.05. The number of hydrogen-bond donors (Lipinski definition) is 1. The van der Waals surface area contributed by atoms with E-state index in [-0.39, 0.29) is 5.91 Å². The number of ether oxygens (including phenoxy) is 3. The summed E-state index contributed by atoms with van der Waals surface area (Å²) in [5, 5.41) is 5.88. The average Bonchev–Trinajstić information content (AvgIpc) is 3.05.